The summed E-state index contributed by atoms with van der Waals surface area (Å²) in [6.45, 7) is 0.648. The summed E-state index contributed by atoms with van der Waals surface area (Å²) < 4.78 is 31.6. The lowest BCUT2D eigenvalue weighted by Crippen LogP contribution is -2.13. The number of aryl methyl sites for hydroxylation is 1. The van der Waals surface area contributed by atoms with Gasteiger partial charge in [-0.2, -0.15) is 0 Å². The Morgan fingerprint density at radius 1 is 1.20 bits per heavy atom. The Labute approximate surface area is 153 Å². The first-order chi connectivity index (χ1) is 11.8. The summed E-state index contributed by atoms with van der Waals surface area (Å²) in [5.74, 6) is 2.67. The van der Waals surface area contributed by atoms with E-state index in [0.717, 1.165) is 35.5 Å². The van der Waals surface area contributed by atoms with E-state index in [1.54, 1.807) is 6.07 Å². The summed E-state index contributed by atoms with van der Waals surface area (Å²) in [6.07, 6.45) is 2.21. The van der Waals surface area contributed by atoms with Gasteiger partial charge < -0.3 is 9.64 Å². The van der Waals surface area contributed by atoms with Crippen LogP contribution >= 0.6 is 11.8 Å². The van der Waals surface area contributed by atoms with E-state index in [0.29, 0.717) is 12.2 Å². The van der Waals surface area contributed by atoms with Crippen molar-refractivity contribution in [3.8, 4) is 11.5 Å². The number of benzene rings is 2. The minimum absolute atomic E-state index is 0.539. The molecule has 0 saturated heterocycles. The topological polar surface area (TPSA) is 58.6 Å². The van der Waals surface area contributed by atoms with Gasteiger partial charge in [0, 0.05) is 28.4 Å². The maximum absolute atomic E-state index is 11.5. The van der Waals surface area contributed by atoms with Crippen LogP contribution in [0.2, 0.25) is 0 Å². The fourth-order valence-electron chi connectivity index (χ4n) is 2.77. The molecule has 7 heteroatoms. The van der Waals surface area contributed by atoms with E-state index in [4.69, 9.17) is 4.74 Å². The fraction of sp³-hybridized carbons (Fsp3) is 0.333. The van der Waals surface area contributed by atoms with E-state index < -0.39 is 10.0 Å². The lowest BCUT2D eigenvalue weighted by atomic mass is 10.1. The number of anilines is 1. The Morgan fingerprint density at radius 3 is 2.72 bits per heavy atom. The Morgan fingerprint density at radius 2 is 2.00 bits per heavy atom. The van der Waals surface area contributed by atoms with Crippen molar-refractivity contribution < 1.29 is 13.2 Å². The van der Waals surface area contributed by atoms with Crippen LogP contribution in [0.25, 0.3) is 0 Å². The van der Waals surface area contributed by atoms with Crippen LogP contribution in [0.5, 0.6) is 11.5 Å². The van der Waals surface area contributed by atoms with Gasteiger partial charge in [0.1, 0.15) is 11.5 Å². The number of hydrogen-bond donors (Lipinski definition) is 1. The van der Waals surface area contributed by atoms with Crippen LogP contribution < -0.4 is 9.46 Å². The summed E-state index contributed by atoms with van der Waals surface area (Å²) in [5, 5.41) is 0. The number of ether oxygens (including phenoxy) is 1. The summed E-state index contributed by atoms with van der Waals surface area (Å²) in [7, 11) is 0.623. The zero-order valence-corrected chi connectivity index (χ0v) is 16.2. The average molecular weight is 379 g/mol. The van der Waals surface area contributed by atoms with Gasteiger partial charge in [0.05, 0.1) is 6.26 Å². The van der Waals surface area contributed by atoms with Crippen molar-refractivity contribution in [2.75, 3.05) is 30.8 Å². The van der Waals surface area contributed by atoms with E-state index in [-0.39, 0.29) is 0 Å². The third-order valence-corrected chi connectivity index (χ3v) is 5.46. The molecule has 0 atom stereocenters. The fourth-order valence-corrected chi connectivity index (χ4v) is 4.38. The molecule has 1 aliphatic rings. The minimum atomic E-state index is -3.31. The first-order valence-electron chi connectivity index (χ1n) is 7.99. The van der Waals surface area contributed by atoms with Crippen molar-refractivity contribution in [1.82, 2.24) is 4.90 Å². The molecule has 1 N–H and O–H groups in total. The number of nitrogens with zero attached hydrogens (tertiary/aromatic N) is 1. The molecule has 0 spiro atoms. The average Bonchev–Trinajstić information content (AvgIpc) is 2.95. The lowest BCUT2D eigenvalue weighted by Gasteiger charge is -2.17. The number of sulfonamides is 1. The highest BCUT2D eigenvalue weighted by atomic mass is 32.2. The maximum Gasteiger partial charge on any atom is 0.229 e. The molecule has 2 aromatic carbocycles. The predicted molar refractivity (Wildman–Crippen MR) is 103 cm³/mol. The maximum atomic E-state index is 11.5. The third kappa shape index (κ3) is 4.90. The highest BCUT2D eigenvalue weighted by molar-refractivity contribution is 7.99. The number of nitrogens with one attached hydrogen (secondary N) is 1. The summed E-state index contributed by atoms with van der Waals surface area (Å²) in [5.41, 5.74) is 2.79. The number of rotatable bonds is 6. The molecule has 1 aliphatic heterocycles. The number of fused-ring (bicyclic) bond motifs is 1. The van der Waals surface area contributed by atoms with Crippen LogP contribution in [0.4, 0.5) is 5.69 Å². The van der Waals surface area contributed by atoms with E-state index >= 15 is 0 Å². The zero-order chi connectivity index (χ0) is 18.0. The van der Waals surface area contributed by atoms with E-state index in [2.05, 4.69) is 16.9 Å². The van der Waals surface area contributed by atoms with Crippen molar-refractivity contribution in [1.29, 1.82) is 0 Å². The Kier molecular flexibility index (Phi) is 5.27. The van der Waals surface area contributed by atoms with Gasteiger partial charge in [-0.3, -0.25) is 4.72 Å². The zero-order valence-electron chi connectivity index (χ0n) is 14.6. The molecular weight excluding hydrogens is 356 g/mol. The highest BCUT2D eigenvalue weighted by Crippen LogP contribution is 2.36. The van der Waals surface area contributed by atoms with Crippen LogP contribution in [0.3, 0.4) is 0 Å². The van der Waals surface area contributed by atoms with Crippen LogP contribution in [-0.4, -0.2) is 39.4 Å². The third-order valence-electron chi connectivity index (χ3n) is 3.74. The van der Waals surface area contributed by atoms with Crippen molar-refractivity contribution in [2.24, 2.45) is 0 Å². The smallest absolute Gasteiger partial charge is 0.229 e. The van der Waals surface area contributed by atoms with Gasteiger partial charge in [-0.05, 0) is 62.5 Å². The Balaban J connectivity index is 1.88. The van der Waals surface area contributed by atoms with Gasteiger partial charge in [-0.1, -0.05) is 0 Å². The molecule has 0 bridgehead atoms. The molecule has 0 aromatic heterocycles. The van der Waals surface area contributed by atoms with Crippen LogP contribution in [0, 0.1) is 0 Å². The second-order valence-corrected chi connectivity index (χ2v) is 9.29. The molecule has 3 rings (SSSR count). The quantitative estimate of drug-likeness (QED) is 0.833. The van der Waals surface area contributed by atoms with E-state index in [9.17, 15) is 8.42 Å². The second kappa shape index (κ2) is 7.27. The standard InChI is InChI=1S/C18H22N2O3S2/c1-20(2)12-14-10-15(19-25(3,21)22)4-6-17(14)23-16-5-7-18-13(11-16)8-9-24-18/h4-7,10-11,19H,8-9,12H2,1-3H3. The van der Waals surface area contributed by atoms with Crippen molar-refractivity contribution in [3.05, 3.63) is 47.5 Å². The van der Waals surface area contributed by atoms with Crippen molar-refractivity contribution in [3.63, 3.8) is 0 Å². The molecule has 5 nitrogen and oxygen atoms in total. The van der Waals surface area contributed by atoms with Gasteiger partial charge >= 0.3 is 0 Å². The first kappa shape index (κ1) is 18.1. The molecule has 0 fully saturated rings. The predicted octanol–water partition coefficient (Wildman–Crippen LogP) is 3.56. The number of thioether (sulfide) groups is 1. The molecule has 0 unspecified atom stereocenters. The van der Waals surface area contributed by atoms with Crippen LogP contribution in [-0.2, 0) is 23.0 Å². The largest absolute Gasteiger partial charge is 0.457 e. The van der Waals surface area contributed by atoms with Gasteiger partial charge in [-0.25, -0.2) is 8.42 Å². The molecule has 2 aromatic rings. The van der Waals surface area contributed by atoms with Gasteiger partial charge in [0.25, 0.3) is 0 Å². The molecule has 25 heavy (non-hydrogen) atoms. The van der Waals surface area contributed by atoms with Crippen LogP contribution in [0.1, 0.15) is 11.1 Å². The molecular formula is C18H22N2O3S2. The van der Waals surface area contributed by atoms with Gasteiger partial charge in [-0.15, -0.1) is 11.8 Å². The van der Waals surface area contributed by atoms with Crippen molar-refractivity contribution in [2.45, 2.75) is 17.9 Å². The molecule has 0 saturated carbocycles. The monoisotopic (exact) mass is 378 g/mol. The minimum Gasteiger partial charge on any atom is -0.457 e. The number of hydrogen-bond acceptors (Lipinski definition) is 5. The van der Waals surface area contributed by atoms with Gasteiger partial charge in [0.2, 0.25) is 10.0 Å². The highest BCUT2D eigenvalue weighted by Gasteiger charge is 2.14. The first-order valence-corrected chi connectivity index (χ1v) is 10.9. The normalized spacial score (nSPS) is 13.8. The Bertz CT molecular complexity index is 880. The van der Waals surface area contributed by atoms with Gasteiger partial charge in [0.15, 0.2) is 0 Å². The van der Waals surface area contributed by atoms with Crippen LogP contribution in [0.15, 0.2) is 41.3 Å². The summed E-state index contributed by atoms with van der Waals surface area (Å²) >= 11 is 1.87. The molecule has 1 heterocycles. The summed E-state index contributed by atoms with van der Waals surface area (Å²) in [4.78, 5) is 3.35. The second-order valence-electron chi connectivity index (χ2n) is 6.40. The Hall–Kier alpha value is -1.70. The van der Waals surface area contributed by atoms with E-state index in [1.165, 1.54) is 10.5 Å². The molecule has 0 radical (unpaired) electrons. The molecule has 0 amide bonds. The molecule has 0 aliphatic carbocycles. The van der Waals surface area contributed by atoms with Crippen molar-refractivity contribution >= 4 is 27.5 Å². The summed E-state index contributed by atoms with van der Waals surface area (Å²) in [6, 6.07) is 11.5. The van der Waals surface area contributed by atoms with E-state index in [1.807, 2.05) is 49.0 Å². The lowest BCUT2D eigenvalue weighted by molar-refractivity contribution is 0.388. The SMILES string of the molecule is CN(C)Cc1cc(NS(C)(=O)=O)ccc1Oc1ccc2c(c1)CCS2. The molecule has 134 valence electrons.